The van der Waals surface area contributed by atoms with E-state index in [4.69, 9.17) is 0 Å². The first-order valence-electron chi connectivity index (χ1n) is 11.6. The summed E-state index contributed by atoms with van der Waals surface area (Å²) in [6, 6.07) is 16.2. The summed E-state index contributed by atoms with van der Waals surface area (Å²) in [4.78, 5) is 5.14. The van der Waals surface area contributed by atoms with E-state index in [1.165, 1.54) is 35.9 Å². The molecule has 0 aliphatic heterocycles. The number of hydrogen-bond acceptors (Lipinski definition) is 6. The Labute approximate surface area is 220 Å². The van der Waals surface area contributed by atoms with Crippen molar-refractivity contribution in [2.45, 2.75) is 44.5 Å². The van der Waals surface area contributed by atoms with Crippen LogP contribution in [-0.2, 0) is 12.0 Å². The fourth-order valence-corrected chi connectivity index (χ4v) is 5.39. The van der Waals surface area contributed by atoms with E-state index in [1.54, 1.807) is 18.3 Å². The van der Waals surface area contributed by atoms with Gasteiger partial charge in [0.15, 0.2) is 23.9 Å². The van der Waals surface area contributed by atoms with Gasteiger partial charge in [-0.3, -0.25) is 0 Å². The van der Waals surface area contributed by atoms with Crippen LogP contribution >= 0.6 is 11.3 Å². The van der Waals surface area contributed by atoms with Crippen molar-refractivity contribution in [3.8, 4) is 11.5 Å². The molecule has 2 atom stereocenters. The molecule has 0 aliphatic carbocycles. The molecular weight excluding hydrogens is 524 g/mol. The average Bonchev–Trinajstić information content (AvgIpc) is 3.39. The zero-order valence-electron chi connectivity index (χ0n) is 20.1. The van der Waals surface area contributed by atoms with E-state index < -0.39 is 36.2 Å². The summed E-state index contributed by atoms with van der Waals surface area (Å²) in [5.74, 6) is -1.62. The summed E-state index contributed by atoms with van der Waals surface area (Å²) in [5, 5.41) is 23.6. The topological polar surface area (TPSA) is 78.5 Å². The Morgan fingerprint density at radius 3 is 2.26 bits per heavy atom. The average molecular weight is 549 g/mol. The molecular formula is C27H24F4N2O4S. The number of benzene rings is 2. The fourth-order valence-electron chi connectivity index (χ4n) is 4.16. The lowest BCUT2D eigenvalue weighted by Gasteiger charge is -2.25. The molecule has 200 valence electrons. The highest BCUT2D eigenvalue weighted by molar-refractivity contribution is 7.11. The van der Waals surface area contributed by atoms with Gasteiger partial charge in [0.25, 0.3) is 0 Å². The summed E-state index contributed by atoms with van der Waals surface area (Å²) in [6.07, 6.45) is 4.90. The molecule has 2 aromatic carbocycles. The third-order valence-corrected chi connectivity index (χ3v) is 7.37. The Hall–Kier alpha value is -3.70. The summed E-state index contributed by atoms with van der Waals surface area (Å²) in [6.45, 7) is -4.64. The number of ether oxygens (including phenoxy) is 2. The molecule has 0 saturated carbocycles. The molecule has 4 rings (SSSR count). The lowest BCUT2D eigenvalue weighted by Crippen LogP contribution is -2.24. The molecule has 0 aliphatic rings. The molecule has 2 heterocycles. The summed E-state index contributed by atoms with van der Waals surface area (Å²) in [7, 11) is 0. The van der Waals surface area contributed by atoms with Gasteiger partial charge in [0.2, 0.25) is 0 Å². The van der Waals surface area contributed by atoms with Crippen molar-refractivity contribution in [3.05, 3.63) is 111 Å². The quantitative estimate of drug-likeness (QED) is 0.141. The number of alkyl halides is 4. The van der Waals surface area contributed by atoms with Gasteiger partial charge in [-0.15, -0.1) is 11.3 Å². The normalized spacial score (nSPS) is 13.9. The maximum absolute atomic E-state index is 13.1. The lowest BCUT2D eigenvalue weighted by atomic mass is 9.90. The fraction of sp³-hybridized carbons (Fsp3) is 0.259. The first-order chi connectivity index (χ1) is 18.2. The minimum Gasteiger partial charge on any atom is -0.619 e. The minimum absolute atomic E-state index is 0.298. The number of hydrogen-bond donors (Lipinski definition) is 1. The SMILES string of the molecule is CCC(O)(c1ccccc1)c1cnc(C(Cc2cc[n+]([O-])cc2)c2ccc(OC(F)F)c(OC(F)F)c2)s1. The van der Waals surface area contributed by atoms with Crippen molar-refractivity contribution in [3.63, 3.8) is 0 Å². The molecule has 0 bridgehead atoms. The molecule has 11 heteroatoms. The van der Waals surface area contributed by atoms with E-state index in [0.717, 1.165) is 11.6 Å². The summed E-state index contributed by atoms with van der Waals surface area (Å²) < 4.78 is 61.3. The molecule has 0 spiro atoms. The third-order valence-electron chi connectivity index (χ3n) is 6.11. The first-order valence-corrected chi connectivity index (χ1v) is 12.5. The minimum atomic E-state index is -3.26. The molecule has 38 heavy (non-hydrogen) atoms. The molecule has 4 aromatic rings. The number of nitrogens with zero attached hydrogens (tertiary/aromatic N) is 2. The molecule has 0 radical (unpaired) electrons. The van der Waals surface area contributed by atoms with E-state index >= 15 is 0 Å². The number of pyridine rings is 1. The second kappa shape index (κ2) is 11.8. The van der Waals surface area contributed by atoms with E-state index in [-0.39, 0.29) is 0 Å². The van der Waals surface area contributed by atoms with Crippen LogP contribution in [0.5, 0.6) is 11.5 Å². The van der Waals surface area contributed by atoms with Gasteiger partial charge in [-0.1, -0.05) is 43.3 Å². The van der Waals surface area contributed by atoms with Crippen LogP contribution in [0.2, 0.25) is 0 Å². The predicted molar refractivity (Wildman–Crippen MR) is 133 cm³/mol. The van der Waals surface area contributed by atoms with Gasteiger partial charge in [-0.2, -0.15) is 22.3 Å². The Morgan fingerprint density at radius 2 is 1.63 bits per heavy atom. The number of rotatable bonds is 11. The zero-order chi connectivity index (χ0) is 27.3. The van der Waals surface area contributed by atoms with Crippen molar-refractivity contribution in [1.82, 2.24) is 4.98 Å². The first kappa shape index (κ1) is 27.3. The van der Waals surface area contributed by atoms with Crippen LogP contribution in [0.25, 0.3) is 0 Å². The van der Waals surface area contributed by atoms with Crippen LogP contribution in [0.15, 0.2) is 79.3 Å². The van der Waals surface area contributed by atoms with Crippen molar-refractivity contribution >= 4 is 11.3 Å². The van der Waals surface area contributed by atoms with Crippen LogP contribution in [0, 0.1) is 5.21 Å². The Kier molecular flexibility index (Phi) is 8.48. The van der Waals surface area contributed by atoms with E-state index in [1.807, 2.05) is 37.3 Å². The van der Waals surface area contributed by atoms with Gasteiger partial charge in [-0.25, -0.2) is 4.98 Å². The van der Waals surface area contributed by atoms with Crippen LogP contribution < -0.4 is 14.2 Å². The van der Waals surface area contributed by atoms with Crippen LogP contribution in [0.1, 0.15) is 45.8 Å². The highest BCUT2D eigenvalue weighted by Crippen LogP contribution is 2.41. The predicted octanol–water partition coefficient (Wildman–Crippen LogP) is 6.00. The van der Waals surface area contributed by atoms with E-state index in [2.05, 4.69) is 14.5 Å². The lowest BCUT2D eigenvalue weighted by molar-refractivity contribution is -0.605. The van der Waals surface area contributed by atoms with Crippen LogP contribution in [-0.4, -0.2) is 23.3 Å². The van der Waals surface area contributed by atoms with Gasteiger partial charge in [0, 0.05) is 24.2 Å². The van der Waals surface area contributed by atoms with Gasteiger partial charge in [0.05, 0.1) is 4.88 Å². The summed E-state index contributed by atoms with van der Waals surface area (Å²) >= 11 is 1.25. The van der Waals surface area contributed by atoms with Gasteiger partial charge < -0.3 is 19.8 Å². The standard InChI is InChI=1S/C27H24F4N2O4S/c1-2-27(34,19-6-4-3-5-7-19)23-16-32-24(38-23)20(14-17-10-12-33(35)13-11-17)18-8-9-21(36-25(28)29)22(15-18)37-26(30)31/h3-13,15-16,20,25-26,34H,2,14H2,1H3. The van der Waals surface area contributed by atoms with Crippen molar-refractivity contribution < 1.29 is 36.9 Å². The Balaban J connectivity index is 1.78. The smallest absolute Gasteiger partial charge is 0.387 e. The third kappa shape index (κ3) is 6.22. The Bertz CT molecular complexity index is 1340. The highest BCUT2D eigenvalue weighted by Gasteiger charge is 2.33. The highest BCUT2D eigenvalue weighted by atomic mass is 32.1. The summed E-state index contributed by atoms with van der Waals surface area (Å²) in [5.41, 5.74) is 0.582. The molecule has 0 fully saturated rings. The van der Waals surface area contributed by atoms with E-state index in [0.29, 0.717) is 38.6 Å². The Morgan fingerprint density at radius 1 is 0.974 bits per heavy atom. The largest absolute Gasteiger partial charge is 0.619 e. The zero-order valence-corrected chi connectivity index (χ0v) is 21.0. The van der Waals surface area contributed by atoms with Crippen molar-refractivity contribution in [2.24, 2.45) is 0 Å². The van der Waals surface area contributed by atoms with Gasteiger partial charge in [-0.05, 0) is 41.7 Å². The van der Waals surface area contributed by atoms with E-state index in [9.17, 15) is 27.9 Å². The van der Waals surface area contributed by atoms with Gasteiger partial charge >= 0.3 is 13.2 Å². The number of thiazole rings is 1. The second-order valence-electron chi connectivity index (χ2n) is 8.43. The van der Waals surface area contributed by atoms with Crippen molar-refractivity contribution in [1.29, 1.82) is 0 Å². The number of aromatic nitrogens is 2. The number of aliphatic hydroxyl groups is 1. The van der Waals surface area contributed by atoms with Crippen LogP contribution in [0.4, 0.5) is 17.6 Å². The van der Waals surface area contributed by atoms with Crippen molar-refractivity contribution in [2.75, 3.05) is 0 Å². The second-order valence-corrected chi connectivity index (χ2v) is 9.49. The van der Waals surface area contributed by atoms with Crippen LogP contribution in [0.3, 0.4) is 0 Å². The maximum Gasteiger partial charge on any atom is 0.387 e. The maximum atomic E-state index is 13.1. The molecule has 0 saturated heterocycles. The van der Waals surface area contributed by atoms with Gasteiger partial charge in [0.1, 0.15) is 10.6 Å². The number of halogens is 4. The molecule has 6 nitrogen and oxygen atoms in total. The molecule has 1 N–H and O–H groups in total. The molecule has 2 unspecified atom stereocenters. The molecule has 2 aromatic heterocycles. The monoisotopic (exact) mass is 548 g/mol. The molecule has 0 amide bonds.